The normalized spacial score (nSPS) is 12.3. The van der Waals surface area contributed by atoms with Crippen LogP contribution >= 0.6 is 0 Å². The van der Waals surface area contributed by atoms with Gasteiger partial charge in [-0.15, -0.1) is 0 Å². The predicted molar refractivity (Wildman–Crippen MR) is 178 cm³/mol. The largest absolute Gasteiger partial charge is 0.494 e. The van der Waals surface area contributed by atoms with Gasteiger partial charge >= 0.3 is 5.97 Å². The zero-order valence-corrected chi connectivity index (χ0v) is 27.6. The van der Waals surface area contributed by atoms with E-state index in [2.05, 4.69) is 69.6 Å². The van der Waals surface area contributed by atoms with Crippen molar-refractivity contribution in [1.82, 2.24) is 0 Å². The van der Waals surface area contributed by atoms with Crippen molar-refractivity contribution < 1.29 is 18.8 Å². The van der Waals surface area contributed by atoms with Crippen LogP contribution in [0, 0.1) is 5.92 Å². The molecule has 0 spiro atoms. The quantitative estimate of drug-likeness (QED) is 0.0666. The number of hydrogen-bond acceptors (Lipinski definition) is 3. The summed E-state index contributed by atoms with van der Waals surface area (Å²) >= 11 is 0. The summed E-state index contributed by atoms with van der Waals surface area (Å²) in [6, 6.07) is 19.1. The van der Waals surface area contributed by atoms with Crippen molar-refractivity contribution >= 4 is 5.97 Å². The number of aryl methyl sites for hydroxylation is 1. The average molecular weight is 581 g/mol. The lowest BCUT2D eigenvalue weighted by Crippen LogP contribution is -2.40. The summed E-state index contributed by atoms with van der Waals surface area (Å²) in [7, 11) is 4.44. The number of ether oxygens (including phenoxy) is 2. The number of nitrogens with zero attached hydrogens (tertiary/aromatic N) is 1. The van der Waals surface area contributed by atoms with E-state index >= 15 is 0 Å². The molecule has 42 heavy (non-hydrogen) atoms. The minimum absolute atomic E-state index is 0.0807. The van der Waals surface area contributed by atoms with Crippen molar-refractivity contribution in [3.8, 4) is 5.75 Å². The Bertz CT molecular complexity index is 925. The van der Waals surface area contributed by atoms with Gasteiger partial charge in [-0.25, -0.2) is 0 Å². The summed E-state index contributed by atoms with van der Waals surface area (Å²) in [4.78, 5) is 12.4. The van der Waals surface area contributed by atoms with Gasteiger partial charge in [0.1, 0.15) is 12.3 Å². The molecule has 1 unspecified atom stereocenters. The first-order valence-corrected chi connectivity index (χ1v) is 17.1. The van der Waals surface area contributed by atoms with Crippen molar-refractivity contribution in [3.05, 3.63) is 65.7 Å². The van der Waals surface area contributed by atoms with Gasteiger partial charge in [0.2, 0.25) is 0 Å². The van der Waals surface area contributed by atoms with Crippen LogP contribution in [0.2, 0.25) is 0 Å². The maximum Gasteiger partial charge on any atom is 0.308 e. The van der Waals surface area contributed by atoms with Crippen LogP contribution in [0.1, 0.15) is 121 Å². The summed E-state index contributed by atoms with van der Waals surface area (Å²) in [5.41, 5.74) is 2.73. The number of benzene rings is 2. The molecule has 0 fully saturated rings. The van der Waals surface area contributed by atoms with Crippen molar-refractivity contribution in [2.75, 3.05) is 33.9 Å². The highest BCUT2D eigenvalue weighted by Crippen LogP contribution is 2.17. The standard InChI is InChI=1S/C38H62NO3/c1-5-6-7-8-9-10-11-12-13-14-15-17-22-35-25-27-37(28-26-35)41-31-20-21-32-42-38(40)34(2)29-30-39(3,4)33-36-23-18-16-19-24-36/h16,18-19,23-28,34H,5-15,17,20-22,29-33H2,1-4H3/q+1. The molecule has 0 bridgehead atoms. The van der Waals surface area contributed by atoms with E-state index in [0.29, 0.717) is 13.2 Å². The van der Waals surface area contributed by atoms with Gasteiger partial charge in [0.15, 0.2) is 0 Å². The van der Waals surface area contributed by atoms with Crippen LogP contribution in [-0.2, 0) is 22.5 Å². The van der Waals surface area contributed by atoms with E-state index in [1.807, 2.05) is 13.0 Å². The van der Waals surface area contributed by atoms with Crippen LogP contribution in [0.5, 0.6) is 5.75 Å². The fourth-order valence-electron chi connectivity index (χ4n) is 5.45. The number of esters is 1. The van der Waals surface area contributed by atoms with Crippen molar-refractivity contribution in [1.29, 1.82) is 0 Å². The predicted octanol–water partition coefficient (Wildman–Crippen LogP) is 9.94. The molecule has 4 heteroatoms. The Morgan fingerprint density at radius 1 is 0.690 bits per heavy atom. The first-order chi connectivity index (χ1) is 20.4. The highest BCUT2D eigenvalue weighted by Gasteiger charge is 2.21. The second kappa shape index (κ2) is 22.2. The lowest BCUT2D eigenvalue weighted by atomic mass is 10.0. The molecule has 236 valence electrons. The zero-order chi connectivity index (χ0) is 30.3. The lowest BCUT2D eigenvalue weighted by molar-refractivity contribution is -0.904. The van der Waals surface area contributed by atoms with E-state index in [0.717, 1.165) is 49.0 Å². The zero-order valence-electron chi connectivity index (χ0n) is 27.6. The highest BCUT2D eigenvalue weighted by molar-refractivity contribution is 5.71. The van der Waals surface area contributed by atoms with Crippen LogP contribution in [-0.4, -0.2) is 44.3 Å². The second-order valence-electron chi connectivity index (χ2n) is 13.0. The van der Waals surface area contributed by atoms with E-state index in [9.17, 15) is 4.79 Å². The third-order valence-electron chi connectivity index (χ3n) is 8.32. The van der Waals surface area contributed by atoms with Gasteiger partial charge < -0.3 is 14.0 Å². The molecule has 2 aromatic rings. The van der Waals surface area contributed by atoms with Gasteiger partial charge in [0, 0.05) is 12.0 Å². The Morgan fingerprint density at radius 2 is 1.26 bits per heavy atom. The summed E-state index contributed by atoms with van der Waals surface area (Å²) in [6.07, 6.45) is 20.4. The minimum atomic E-state index is -0.0839. The smallest absolute Gasteiger partial charge is 0.308 e. The Kier molecular flexibility index (Phi) is 19.0. The fraction of sp³-hybridized carbons (Fsp3) is 0.658. The van der Waals surface area contributed by atoms with Gasteiger partial charge in [0.05, 0.1) is 39.8 Å². The molecular weight excluding hydrogens is 518 g/mol. The number of quaternary nitrogens is 1. The van der Waals surface area contributed by atoms with Crippen LogP contribution in [0.25, 0.3) is 0 Å². The number of hydrogen-bond donors (Lipinski definition) is 0. The second-order valence-corrected chi connectivity index (χ2v) is 13.0. The first kappa shape index (κ1) is 35.9. The number of carbonyl (C=O) groups is 1. The van der Waals surface area contributed by atoms with E-state index in [-0.39, 0.29) is 11.9 Å². The molecule has 0 aromatic heterocycles. The SMILES string of the molecule is CCCCCCCCCCCCCCc1ccc(OCCCCOC(=O)C(C)CC[N+](C)(C)Cc2ccccc2)cc1. The maximum atomic E-state index is 12.4. The molecule has 0 radical (unpaired) electrons. The third kappa shape index (κ3) is 17.6. The minimum Gasteiger partial charge on any atom is -0.494 e. The molecule has 0 heterocycles. The number of carbonyl (C=O) groups excluding carboxylic acids is 1. The molecule has 0 saturated heterocycles. The Balaban J connectivity index is 1.44. The molecule has 1 atom stereocenters. The van der Waals surface area contributed by atoms with E-state index in [1.165, 1.54) is 88.2 Å². The molecule has 0 aliphatic carbocycles. The van der Waals surface area contributed by atoms with Gasteiger partial charge in [0.25, 0.3) is 0 Å². The Hall–Kier alpha value is -2.33. The highest BCUT2D eigenvalue weighted by atomic mass is 16.5. The third-order valence-corrected chi connectivity index (χ3v) is 8.32. The van der Waals surface area contributed by atoms with Crippen LogP contribution in [0.15, 0.2) is 54.6 Å². The van der Waals surface area contributed by atoms with Crippen LogP contribution < -0.4 is 4.74 Å². The van der Waals surface area contributed by atoms with Gasteiger partial charge in [-0.1, -0.05) is 127 Å². The topological polar surface area (TPSA) is 35.5 Å². The molecule has 2 rings (SSSR count). The van der Waals surface area contributed by atoms with E-state index in [1.54, 1.807) is 0 Å². The van der Waals surface area contributed by atoms with Crippen molar-refractivity contribution in [3.63, 3.8) is 0 Å². The summed E-state index contributed by atoms with van der Waals surface area (Å²) < 4.78 is 12.3. The molecule has 4 nitrogen and oxygen atoms in total. The van der Waals surface area contributed by atoms with Crippen molar-refractivity contribution in [2.24, 2.45) is 5.92 Å². The molecule has 0 saturated carbocycles. The Labute approximate surface area is 258 Å². The van der Waals surface area contributed by atoms with Gasteiger partial charge in [-0.05, 0) is 43.4 Å². The molecule has 0 aliphatic heterocycles. The summed E-state index contributed by atoms with van der Waals surface area (Å²) in [5, 5.41) is 0. The molecule has 0 amide bonds. The number of unbranched alkanes of at least 4 members (excludes halogenated alkanes) is 12. The average Bonchev–Trinajstić information content (AvgIpc) is 2.99. The Morgan fingerprint density at radius 3 is 1.88 bits per heavy atom. The first-order valence-electron chi connectivity index (χ1n) is 17.1. The molecule has 2 aromatic carbocycles. The van der Waals surface area contributed by atoms with Crippen LogP contribution in [0.4, 0.5) is 0 Å². The van der Waals surface area contributed by atoms with E-state index in [4.69, 9.17) is 9.47 Å². The van der Waals surface area contributed by atoms with Crippen molar-refractivity contribution in [2.45, 2.75) is 123 Å². The number of rotatable bonds is 25. The molecule has 0 N–H and O–H groups in total. The van der Waals surface area contributed by atoms with Gasteiger partial charge in [-0.2, -0.15) is 0 Å². The van der Waals surface area contributed by atoms with Crippen LogP contribution in [0.3, 0.4) is 0 Å². The molecular formula is C38H62NO3+. The monoisotopic (exact) mass is 580 g/mol. The summed E-state index contributed by atoms with van der Waals surface area (Å²) in [6.45, 7) is 7.29. The molecule has 0 aliphatic rings. The van der Waals surface area contributed by atoms with E-state index < -0.39 is 0 Å². The van der Waals surface area contributed by atoms with Gasteiger partial charge in [-0.3, -0.25) is 4.79 Å². The maximum absolute atomic E-state index is 12.4. The lowest BCUT2D eigenvalue weighted by Gasteiger charge is -2.30. The fourth-order valence-corrected chi connectivity index (χ4v) is 5.45. The summed E-state index contributed by atoms with van der Waals surface area (Å²) in [5.74, 6) is 0.762.